The lowest BCUT2D eigenvalue weighted by Crippen LogP contribution is -2.48. The Balaban J connectivity index is 1.64. The monoisotopic (exact) mass is 310 g/mol. The summed E-state index contributed by atoms with van der Waals surface area (Å²) in [6.45, 7) is 0.434. The normalized spacial score (nSPS) is 42.1. The highest BCUT2D eigenvalue weighted by Crippen LogP contribution is 2.60. The third-order valence-corrected chi connectivity index (χ3v) is 5.37. The van der Waals surface area contributed by atoms with Crippen LogP contribution in [0.2, 0.25) is 0 Å². The van der Waals surface area contributed by atoms with E-state index in [1.807, 2.05) is 0 Å². The van der Waals surface area contributed by atoms with Gasteiger partial charge in [0.05, 0.1) is 6.61 Å². The summed E-state index contributed by atoms with van der Waals surface area (Å²) in [7, 11) is 0. The molecule has 0 heterocycles. The highest BCUT2D eigenvalue weighted by atomic mass is 35.6. The highest BCUT2D eigenvalue weighted by molar-refractivity contribution is 6.75. The van der Waals surface area contributed by atoms with Crippen LogP contribution in [-0.4, -0.2) is 16.4 Å². The number of carbonyl (C=O) groups is 1. The summed E-state index contributed by atoms with van der Waals surface area (Å²) in [6.07, 6.45) is 7.68. The van der Waals surface area contributed by atoms with E-state index < -0.39 is 9.76 Å². The molecule has 4 saturated carbocycles. The SMILES string of the molecule is O=C(OCC12CC3CC(CC(C3)C1)C2)C(Cl)(Cl)Cl. The van der Waals surface area contributed by atoms with Crippen LogP contribution in [-0.2, 0) is 9.53 Å². The van der Waals surface area contributed by atoms with Crippen molar-refractivity contribution in [3.63, 3.8) is 0 Å². The van der Waals surface area contributed by atoms with E-state index in [-0.39, 0.29) is 5.41 Å². The molecular weight excluding hydrogens is 294 g/mol. The van der Waals surface area contributed by atoms with Crippen molar-refractivity contribution in [1.82, 2.24) is 0 Å². The molecule has 0 N–H and O–H groups in total. The van der Waals surface area contributed by atoms with Crippen molar-refractivity contribution in [2.45, 2.75) is 42.3 Å². The lowest BCUT2D eigenvalue weighted by Gasteiger charge is -2.56. The van der Waals surface area contributed by atoms with Crippen LogP contribution in [0.3, 0.4) is 0 Å². The Labute approximate surface area is 122 Å². The average molecular weight is 312 g/mol. The summed E-state index contributed by atoms with van der Waals surface area (Å²) >= 11 is 16.6. The van der Waals surface area contributed by atoms with Gasteiger partial charge in [0.1, 0.15) is 0 Å². The standard InChI is InChI=1S/C13H17Cl3O2/c14-13(15,16)11(17)18-7-12-4-8-1-9(5-12)3-10(2-8)6-12/h8-10H,1-7H2. The lowest BCUT2D eigenvalue weighted by molar-refractivity contribution is -0.154. The lowest BCUT2D eigenvalue weighted by atomic mass is 9.50. The number of rotatable bonds is 2. The van der Waals surface area contributed by atoms with E-state index in [9.17, 15) is 4.79 Å². The molecule has 4 bridgehead atoms. The number of esters is 1. The second-order valence-electron chi connectivity index (χ2n) is 6.49. The van der Waals surface area contributed by atoms with Crippen LogP contribution < -0.4 is 0 Å². The molecule has 0 aliphatic heterocycles. The minimum absolute atomic E-state index is 0.181. The second-order valence-corrected chi connectivity index (χ2v) is 8.77. The van der Waals surface area contributed by atoms with Crippen LogP contribution >= 0.6 is 34.8 Å². The van der Waals surface area contributed by atoms with Crippen molar-refractivity contribution in [2.75, 3.05) is 6.61 Å². The molecule has 0 aromatic rings. The number of hydrogen-bond donors (Lipinski definition) is 0. The van der Waals surface area contributed by atoms with Crippen LogP contribution in [0.25, 0.3) is 0 Å². The molecule has 5 heteroatoms. The zero-order chi connectivity index (χ0) is 13.0. The molecular formula is C13H17Cl3O2. The summed E-state index contributed by atoms with van der Waals surface area (Å²) in [5.41, 5.74) is 0.181. The van der Waals surface area contributed by atoms with Gasteiger partial charge in [-0.15, -0.1) is 0 Å². The molecule has 0 amide bonds. The van der Waals surface area contributed by atoms with Gasteiger partial charge in [0, 0.05) is 5.41 Å². The molecule has 0 spiro atoms. The topological polar surface area (TPSA) is 26.3 Å². The van der Waals surface area contributed by atoms with Gasteiger partial charge in [-0.2, -0.15) is 0 Å². The van der Waals surface area contributed by atoms with Gasteiger partial charge in [0.15, 0.2) is 0 Å². The first-order chi connectivity index (χ1) is 8.36. The van der Waals surface area contributed by atoms with Crippen LogP contribution in [0.4, 0.5) is 0 Å². The first-order valence-electron chi connectivity index (χ1n) is 6.60. The molecule has 4 aliphatic rings. The molecule has 2 nitrogen and oxygen atoms in total. The molecule has 0 unspecified atom stereocenters. The third-order valence-electron chi connectivity index (χ3n) is 4.91. The van der Waals surface area contributed by atoms with Crippen LogP contribution in [0.1, 0.15) is 38.5 Å². The van der Waals surface area contributed by atoms with Crippen molar-refractivity contribution >= 4 is 40.8 Å². The van der Waals surface area contributed by atoms with Gasteiger partial charge in [0.2, 0.25) is 0 Å². The molecule has 0 aromatic heterocycles. The number of alkyl halides is 3. The molecule has 0 atom stereocenters. The molecule has 0 saturated heterocycles. The second kappa shape index (κ2) is 4.43. The Kier molecular flexibility index (Phi) is 3.28. The van der Waals surface area contributed by atoms with E-state index in [0.717, 1.165) is 17.8 Å². The van der Waals surface area contributed by atoms with E-state index in [1.54, 1.807) is 0 Å². The minimum atomic E-state index is -1.94. The Morgan fingerprint density at radius 3 is 1.89 bits per heavy atom. The van der Waals surface area contributed by atoms with E-state index >= 15 is 0 Å². The van der Waals surface area contributed by atoms with Crippen LogP contribution in [0.15, 0.2) is 0 Å². The Morgan fingerprint density at radius 2 is 1.50 bits per heavy atom. The molecule has 4 rings (SSSR count). The molecule has 102 valence electrons. The number of ether oxygens (including phenoxy) is 1. The van der Waals surface area contributed by atoms with Gasteiger partial charge in [-0.1, -0.05) is 34.8 Å². The molecule has 4 aliphatic carbocycles. The molecule has 4 fully saturated rings. The average Bonchev–Trinajstić information content (AvgIpc) is 2.22. The zero-order valence-corrected chi connectivity index (χ0v) is 12.4. The van der Waals surface area contributed by atoms with Crippen LogP contribution in [0, 0.1) is 23.2 Å². The fourth-order valence-electron chi connectivity index (χ4n) is 4.77. The quantitative estimate of drug-likeness (QED) is 0.566. The Morgan fingerprint density at radius 1 is 1.06 bits per heavy atom. The molecule has 18 heavy (non-hydrogen) atoms. The maximum Gasteiger partial charge on any atom is 0.358 e. The largest absolute Gasteiger partial charge is 0.462 e. The van der Waals surface area contributed by atoms with Gasteiger partial charge in [-0.05, 0) is 56.3 Å². The minimum Gasteiger partial charge on any atom is -0.462 e. The van der Waals surface area contributed by atoms with Crippen molar-refractivity contribution in [3.8, 4) is 0 Å². The van der Waals surface area contributed by atoms with E-state index in [4.69, 9.17) is 39.5 Å². The van der Waals surface area contributed by atoms with Gasteiger partial charge < -0.3 is 4.74 Å². The maximum absolute atomic E-state index is 11.5. The van der Waals surface area contributed by atoms with E-state index in [2.05, 4.69) is 0 Å². The molecule has 0 aromatic carbocycles. The third kappa shape index (κ3) is 2.48. The van der Waals surface area contributed by atoms with E-state index in [1.165, 1.54) is 38.5 Å². The summed E-state index contributed by atoms with van der Waals surface area (Å²) in [5.74, 6) is 1.77. The zero-order valence-electron chi connectivity index (χ0n) is 10.1. The fourth-order valence-corrected chi connectivity index (χ4v) is 4.93. The van der Waals surface area contributed by atoms with Gasteiger partial charge >= 0.3 is 5.97 Å². The van der Waals surface area contributed by atoms with Gasteiger partial charge in [0.25, 0.3) is 3.79 Å². The summed E-state index contributed by atoms with van der Waals surface area (Å²) in [5, 5.41) is 0. The van der Waals surface area contributed by atoms with Gasteiger partial charge in [-0.3, -0.25) is 0 Å². The smallest absolute Gasteiger partial charge is 0.358 e. The number of halogens is 3. The van der Waals surface area contributed by atoms with Crippen molar-refractivity contribution in [3.05, 3.63) is 0 Å². The Hall–Kier alpha value is 0.340. The fraction of sp³-hybridized carbons (Fsp3) is 0.923. The van der Waals surface area contributed by atoms with E-state index in [0.29, 0.717) is 6.61 Å². The first-order valence-corrected chi connectivity index (χ1v) is 7.74. The van der Waals surface area contributed by atoms with Crippen molar-refractivity contribution < 1.29 is 9.53 Å². The van der Waals surface area contributed by atoms with Crippen molar-refractivity contribution in [2.24, 2.45) is 23.2 Å². The maximum atomic E-state index is 11.5. The first kappa shape index (κ1) is 13.3. The molecule has 0 radical (unpaired) electrons. The number of carbonyl (C=O) groups excluding carboxylic acids is 1. The number of hydrogen-bond acceptors (Lipinski definition) is 2. The van der Waals surface area contributed by atoms with Gasteiger partial charge in [-0.25, -0.2) is 4.79 Å². The highest BCUT2D eigenvalue weighted by Gasteiger charge is 2.51. The summed E-state index contributed by atoms with van der Waals surface area (Å²) in [4.78, 5) is 11.5. The van der Waals surface area contributed by atoms with Crippen molar-refractivity contribution in [1.29, 1.82) is 0 Å². The summed E-state index contributed by atoms with van der Waals surface area (Å²) < 4.78 is 3.31. The van der Waals surface area contributed by atoms with Crippen LogP contribution in [0.5, 0.6) is 0 Å². The predicted molar refractivity (Wildman–Crippen MR) is 71.9 cm³/mol. The summed E-state index contributed by atoms with van der Waals surface area (Å²) in [6, 6.07) is 0. The Bertz CT molecular complexity index is 326. The predicted octanol–water partition coefficient (Wildman–Crippen LogP) is 4.12.